The number of aliphatic imine (C=N–C) groups is 1. The number of hydrogen-bond donors (Lipinski definition) is 0. The fourth-order valence-corrected chi connectivity index (χ4v) is 4.16. The van der Waals surface area contributed by atoms with E-state index < -0.39 is 0 Å². The Morgan fingerprint density at radius 3 is 2.89 bits per heavy atom. The molecule has 5 nitrogen and oxygen atoms in total. The quantitative estimate of drug-likeness (QED) is 0.777. The van der Waals surface area contributed by atoms with Gasteiger partial charge in [-0.1, -0.05) is 43.0 Å². The Kier molecular flexibility index (Phi) is 6.15. The molecule has 0 saturated carbocycles. The van der Waals surface area contributed by atoms with E-state index in [4.69, 9.17) is 10.00 Å². The average molecular weight is 379 g/mol. The molecule has 0 bridgehead atoms. The second kappa shape index (κ2) is 8.74. The SMILES string of the molecule is CC[C@@H]1CSC(=Nc2cccc(C)c2)N1C(=O)COc1ccccc1C#N. The van der Waals surface area contributed by atoms with Crippen LogP contribution in [0.25, 0.3) is 0 Å². The largest absolute Gasteiger partial charge is 0.482 e. The van der Waals surface area contributed by atoms with E-state index in [1.165, 1.54) is 0 Å². The zero-order valence-corrected chi connectivity index (χ0v) is 16.2. The van der Waals surface area contributed by atoms with Crippen molar-refractivity contribution in [3.05, 3.63) is 59.7 Å². The van der Waals surface area contributed by atoms with Crippen molar-refractivity contribution >= 4 is 28.5 Å². The summed E-state index contributed by atoms with van der Waals surface area (Å²) in [4.78, 5) is 19.3. The Morgan fingerprint density at radius 1 is 1.33 bits per heavy atom. The van der Waals surface area contributed by atoms with Crippen LogP contribution in [0.4, 0.5) is 5.69 Å². The van der Waals surface area contributed by atoms with Gasteiger partial charge in [0.15, 0.2) is 11.8 Å². The Balaban J connectivity index is 1.78. The number of rotatable bonds is 5. The van der Waals surface area contributed by atoms with Gasteiger partial charge in [-0.3, -0.25) is 9.69 Å². The van der Waals surface area contributed by atoms with Crippen LogP contribution in [0.5, 0.6) is 5.75 Å². The van der Waals surface area contributed by atoms with E-state index in [0.29, 0.717) is 16.5 Å². The lowest BCUT2D eigenvalue weighted by Gasteiger charge is -2.23. The molecule has 0 aromatic heterocycles. The highest BCUT2D eigenvalue weighted by atomic mass is 32.2. The molecule has 27 heavy (non-hydrogen) atoms. The van der Waals surface area contributed by atoms with Crippen LogP contribution in [0, 0.1) is 18.3 Å². The molecule has 2 aromatic carbocycles. The molecule has 1 fully saturated rings. The van der Waals surface area contributed by atoms with Gasteiger partial charge in [-0.2, -0.15) is 5.26 Å². The number of ether oxygens (including phenoxy) is 1. The van der Waals surface area contributed by atoms with Crippen molar-refractivity contribution in [3.8, 4) is 11.8 Å². The molecular formula is C21H21N3O2S. The van der Waals surface area contributed by atoms with Gasteiger partial charge in [0.2, 0.25) is 0 Å². The van der Waals surface area contributed by atoms with Crippen molar-refractivity contribution in [2.45, 2.75) is 26.3 Å². The Morgan fingerprint density at radius 2 is 2.15 bits per heavy atom. The summed E-state index contributed by atoms with van der Waals surface area (Å²) in [5.41, 5.74) is 2.38. The van der Waals surface area contributed by atoms with Crippen LogP contribution in [0.2, 0.25) is 0 Å². The lowest BCUT2D eigenvalue weighted by Crippen LogP contribution is -2.41. The van der Waals surface area contributed by atoms with E-state index in [-0.39, 0.29) is 18.6 Å². The Bertz CT molecular complexity index is 904. The monoisotopic (exact) mass is 379 g/mol. The summed E-state index contributed by atoms with van der Waals surface area (Å²) in [7, 11) is 0. The maximum Gasteiger partial charge on any atom is 0.266 e. The fourth-order valence-electron chi connectivity index (χ4n) is 2.87. The van der Waals surface area contributed by atoms with Crippen LogP contribution in [-0.4, -0.2) is 34.4 Å². The lowest BCUT2D eigenvalue weighted by atomic mass is 10.2. The van der Waals surface area contributed by atoms with Gasteiger partial charge in [0.25, 0.3) is 5.91 Å². The summed E-state index contributed by atoms with van der Waals surface area (Å²) in [6.07, 6.45) is 0.848. The van der Waals surface area contributed by atoms with Gasteiger partial charge < -0.3 is 4.74 Å². The maximum atomic E-state index is 12.9. The van der Waals surface area contributed by atoms with Gasteiger partial charge in [-0.25, -0.2) is 4.99 Å². The molecule has 1 heterocycles. The van der Waals surface area contributed by atoms with E-state index in [1.807, 2.05) is 31.2 Å². The number of hydrogen-bond acceptors (Lipinski definition) is 5. The van der Waals surface area contributed by atoms with Crippen LogP contribution >= 0.6 is 11.8 Å². The first kappa shape index (κ1) is 19.0. The smallest absolute Gasteiger partial charge is 0.266 e. The van der Waals surface area contributed by atoms with E-state index in [9.17, 15) is 4.79 Å². The summed E-state index contributed by atoms with van der Waals surface area (Å²) in [6.45, 7) is 3.96. The van der Waals surface area contributed by atoms with Crippen molar-refractivity contribution in [1.29, 1.82) is 5.26 Å². The lowest BCUT2D eigenvalue weighted by molar-refractivity contribution is -0.130. The number of thioether (sulfide) groups is 1. The first-order valence-electron chi connectivity index (χ1n) is 8.84. The van der Waals surface area contributed by atoms with Crippen molar-refractivity contribution < 1.29 is 9.53 Å². The number of nitriles is 1. The average Bonchev–Trinajstić information content (AvgIpc) is 3.09. The van der Waals surface area contributed by atoms with Crippen LogP contribution in [0.15, 0.2) is 53.5 Å². The molecule has 0 spiro atoms. The zero-order valence-electron chi connectivity index (χ0n) is 15.4. The number of nitrogens with zero attached hydrogens (tertiary/aromatic N) is 3. The number of aryl methyl sites for hydroxylation is 1. The van der Waals surface area contributed by atoms with Gasteiger partial charge in [-0.15, -0.1) is 0 Å². The minimum absolute atomic E-state index is 0.0980. The molecule has 1 saturated heterocycles. The summed E-state index contributed by atoms with van der Waals surface area (Å²) < 4.78 is 5.63. The summed E-state index contributed by atoms with van der Waals surface area (Å²) in [5, 5.41) is 9.86. The molecule has 0 unspecified atom stereocenters. The highest BCUT2D eigenvalue weighted by molar-refractivity contribution is 8.14. The third kappa shape index (κ3) is 4.50. The molecule has 6 heteroatoms. The van der Waals surface area contributed by atoms with Gasteiger partial charge in [-0.05, 0) is 43.2 Å². The van der Waals surface area contributed by atoms with Crippen LogP contribution < -0.4 is 4.74 Å². The number of amidine groups is 1. The predicted molar refractivity (Wildman–Crippen MR) is 108 cm³/mol. The minimum Gasteiger partial charge on any atom is -0.482 e. The standard InChI is InChI=1S/C21H21N3O2S/c1-3-18-14-27-21(23-17-9-6-7-15(2)11-17)24(18)20(25)13-26-19-10-5-4-8-16(19)12-22/h4-11,18H,3,13-14H2,1-2H3/t18-/m1/s1. The van der Waals surface area contributed by atoms with Crippen LogP contribution in [0.3, 0.4) is 0 Å². The molecule has 1 aliphatic heterocycles. The number of para-hydroxylation sites is 1. The Hall–Kier alpha value is -2.78. The van der Waals surface area contributed by atoms with E-state index >= 15 is 0 Å². The molecule has 138 valence electrons. The number of benzene rings is 2. The third-order valence-electron chi connectivity index (χ3n) is 4.30. The number of carbonyl (C=O) groups is 1. The highest BCUT2D eigenvalue weighted by Gasteiger charge is 2.34. The molecular weight excluding hydrogens is 358 g/mol. The molecule has 1 aliphatic rings. The second-order valence-electron chi connectivity index (χ2n) is 6.27. The first-order valence-corrected chi connectivity index (χ1v) is 9.83. The first-order chi connectivity index (χ1) is 13.1. The molecule has 1 amide bonds. The van der Waals surface area contributed by atoms with Gasteiger partial charge >= 0.3 is 0 Å². The zero-order chi connectivity index (χ0) is 19.2. The van der Waals surface area contributed by atoms with E-state index in [1.54, 1.807) is 40.9 Å². The van der Waals surface area contributed by atoms with Crippen molar-refractivity contribution in [2.75, 3.05) is 12.4 Å². The molecule has 0 radical (unpaired) electrons. The summed E-state index contributed by atoms with van der Waals surface area (Å²) in [5.74, 6) is 1.10. The van der Waals surface area contributed by atoms with E-state index in [0.717, 1.165) is 23.4 Å². The second-order valence-corrected chi connectivity index (χ2v) is 7.25. The topological polar surface area (TPSA) is 65.7 Å². The number of carbonyl (C=O) groups excluding carboxylic acids is 1. The molecule has 3 rings (SSSR count). The van der Waals surface area contributed by atoms with E-state index in [2.05, 4.69) is 18.0 Å². The molecule has 1 atom stereocenters. The summed E-state index contributed by atoms with van der Waals surface area (Å²) in [6, 6.07) is 17.0. The molecule has 0 N–H and O–H groups in total. The molecule has 2 aromatic rings. The normalized spacial score (nSPS) is 17.7. The van der Waals surface area contributed by atoms with Crippen molar-refractivity contribution in [1.82, 2.24) is 4.90 Å². The van der Waals surface area contributed by atoms with Crippen molar-refractivity contribution in [2.24, 2.45) is 4.99 Å². The van der Waals surface area contributed by atoms with Crippen molar-refractivity contribution in [3.63, 3.8) is 0 Å². The fraction of sp³-hybridized carbons (Fsp3) is 0.286. The van der Waals surface area contributed by atoms with Gasteiger partial charge in [0.05, 0.1) is 11.3 Å². The Labute approximate surface area is 163 Å². The molecule has 0 aliphatic carbocycles. The van der Waals surface area contributed by atoms with Gasteiger partial charge in [0, 0.05) is 11.8 Å². The highest BCUT2D eigenvalue weighted by Crippen LogP contribution is 2.29. The third-order valence-corrected chi connectivity index (χ3v) is 5.40. The number of amides is 1. The van der Waals surface area contributed by atoms with Gasteiger partial charge in [0.1, 0.15) is 11.8 Å². The summed E-state index contributed by atoms with van der Waals surface area (Å²) >= 11 is 1.59. The minimum atomic E-state index is -0.147. The predicted octanol–water partition coefficient (Wildman–Crippen LogP) is 4.29. The maximum absolute atomic E-state index is 12.9. The van der Waals surface area contributed by atoms with Crippen LogP contribution in [0.1, 0.15) is 24.5 Å². The van der Waals surface area contributed by atoms with Crippen LogP contribution in [-0.2, 0) is 4.79 Å².